The highest BCUT2D eigenvalue weighted by Crippen LogP contribution is 2.06. The molecule has 1 saturated heterocycles. The first-order valence-electron chi connectivity index (χ1n) is 6.60. The van der Waals surface area contributed by atoms with Gasteiger partial charge in [0, 0.05) is 6.20 Å². The predicted octanol–water partition coefficient (Wildman–Crippen LogP) is 0.170. The van der Waals surface area contributed by atoms with Crippen molar-refractivity contribution in [1.82, 2.24) is 20.6 Å². The molecule has 104 valence electrons. The van der Waals surface area contributed by atoms with E-state index in [4.69, 9.17) is 4.74 Å². The third kappa shape index (κ3) is 4.92. The molecule has 2 rings (SSSR count). The summed E-state index contributed by atoms with van der Waals surface area (Å²) < 4.78 is 5.56. The molecule has 0 saturated carbocycles. The second-order valence-electron chi connectivity index (χ2n) is 4.69. The Morgan fingerprint density at radius 3 is 2.89 bits per heavy atom. The van der Waals surface area contributed by atoms with Crippen molar-refractivity contribution in [2.75, 3.05) is 19.7 Å². The van der Waals surface area contributed by atoms with Gasteiger partial charge in [-0.05, 0) is 32.9 Å². The van der Waals surface area contributed by atoms with E-state index in [0.29, 0.717) is 6.54 Å². The number of nitrogens with zero attached hydrogens (tertiary/aromatic N) is 2. The zero-order chi connectivity index (χ0) is 13.5. The summed E-state index contributed by atoms with van der Waals surface area (Å²) in [7, 11) is 0. The third-order valence-corrected chi connectivity index (χ3v) is 3.04. The molecule has 1 aliphatic rings. The number of ether oxygens (including phenoxy) is 1. The van der Waals surface area contributed by atoms with E-state index in [2.05, 4.69) is 20.6 Å². The molecule has 1 aromatic heterocycles. The molecule has 1 aromatic rings. The molecule has 0 unspecified atom stereocenters. The summed E-state index contributed by atoms with van der Waals surface area (Å²) in [6, 6.07) is 0. The fourth-order valence-corrected chi connectivity index (χ4v) is 1.91. The summed E-state index contributed by atoms with van der Waals surface area (Å²) in [6.45, 7) is 4.31. The normalized spacial score (nSPS) is 16.3. The Hall–Kier alpha value is -1.53. The van der Waals surface area contributed by atoms with Gasteiger partial charge in [-0.1, -0.05) is 0 Å². The number of carbonyl (C=O) groups is 1. The van der Waals surface area contributed by atoms with E-state index >= 15 is 0 Å². The lowest BCUT2D eigenvalue weighted by Gasteiger charge is -2.22. The molecule has 2 N–H and O–H groups in total. The maximum Gasteiger partial charge on any atom is 0.246 e. The predicted molar refractivity (Wildman–Crippen MR) is 70.5 cm³/mol. The van der Waals surface area contributed by atoms with Crippen LogP contribution in [-0.4, -0.2) is 41.7 Å². The molecular weight excluding hydrogens is 244 g/mol. The van der Waals surface area contributed by atoms with Crippen LogP contribution < -0.4 is 10.6 Å². The van der Waals surface area contributed by atoms with E-state index in [9.17, 15) is 4.79 Å². The molecule has 0 bridgehead atoms. The first kappa shape index (κ1) is 13.9. The van der Waals surface area contributed by atoms with Gasteiger partial charge < -0.3 is 15.4 Å². The summed E-state index contributed by atoms with van der Waals surface area (Å²) in [5, 5.41) is 6.03. The van der Waals surface area contributed by atoms with Crippen molar-refractivity contribution in [3.63, 3.8) is 0 Å². The van der Waals surface area contributed by atoms with Crippen molar-refractivity contribution >= 4 is 5.91 Å². The highest BCUT2D eigenvalue weighted by molar-refractivity contribution is 5.77. The van der Waals surface area contributed by atoms with Crippen LogP contribution in [0.4, 0.5) is 0 Å². The third-order valence-electron chi connectivity index (χ3n) is 3.04. The Labute approximate surface area is 113 Å². The smallest absolute Gasteiger partial charge is 0.246 e. The molecule has 6 nitrogen and oxygen atoms in total. The number of hydrogen-bond acceptors (Lipinski definition) is 5. The van der Waals surface area contributed by atoms with Gasteiger partial charge in [-0.3, -0.25) is 14.8 Å². The molecule has 1 aliphatic heterocycles. The molecule has 0 atom stereocenters. The lowest BCUT2D eigenvalue weighted by molar-refractivity contribution is -0.128. The Kier molecular flexibility index (Phi) is 5.23. The first-order valence-corrected chi connectivity index (χ1v) is 6.60. The van der Waals surface area contributed by atoms with E-state index in [1.807, 2.05) is 6.92 Å². The first-order chi connectivity index (χ1) is 9.24. The monoisotopic (exact) mass is 264 g/mol. The van der Waals surface area contributed by atoms with Gasteiger partial charge in [0.15, 0.2) is 0 Å². The van der Waals surface area contributed by atoms with Crippen LogP contribution in [-0.2, 0) is 16.1 Å². The van der Waals surface area contributed by atoms with Crippen molar-refractivity contribution in [2.45, 2.75) is 32.4 Å². The van der Waals surface area contributed by atoms with Crippen LogP contribution in [0.15, 0.2) is 12.4 Å². The van der Waals surface area contributed by atoms with Crippen molar-refractivity contribution in [3.05, 3.63) is 23.8 Å². The van der Waals surface area contributed by atoms with Crippen molar-refractivity contribution in [3.8, 4) is 0 Å². The largest absolute Gasteiger partial charge is 0.368 e. The number of hydrogen-bond donors (Lipinski definition) is 2. The van der Waals surface area contributed by atoms with Gasteiger partial charge >= 0.3 is 0 Å². The maximum atomic E-state index is 11.6. The second kappa shape index (κ2) is 7.16. The summed E-state index contributed by atoms with van der Waals surface area (Å²) in [6.07, 6.45) is 5.50. The number of carbonyl (C=O) groups excluding carboxylic acids is 1. The lowest BCUT2D eigenvalue weighted by atomic mass is 10.1. The minimum atomic E-state index is -0.110. The van der Waals surface area contributed by atoms with Crippen LogP contribution in [0.3, 0.4) is 0 Å². The molecular formula is C13H20N4O2. The summed E-state index contributed by atoms with van der Waals surface area (Å²) in [4.78, 5) is 19.9. The van der Waals surface area contributed by atoms with Crippen LogP contribution in [0.1, 0.15) is 24.2 Å². The van der Waals surface area contributed by atoms with Crippen LogP contribution in [0.25, 0.3) is 0 Å². The Balaban J connectivity index is 1.65. The van der Waals surface area contributed by atoms with Crippen molar-refractivity contribution < 1.29 is 9.53 Å². The highest BCUT2D eigenvalue weighted by Gasteiger charge is 2.14. The van der Waals surface area contributed by atoms with Gasteiger partial charge in [0.25, 0.3) is 0 Å². The summed E-state index contributed by atoms with van der Waals surface area (Å²) >= 11 is 0. The summed E-state index contributed by atoms with van der Waals surface area (Å²) in [5.74, 6) is -0.110. The van der Waals surface area contributed by atoms with Crippen LogP contribution in [0.5, 0.6) is 0 Å². The minimum Gasteiger partial charge on any atom is -0.368 e. The molecule has 19 heavy (non-hydrogen) atoms. The quantitative estimate of drug-likeness (QED) is 0.793. The molecule has 0 radical (unpaired) electrons. The van der Waals surface area contributed by atoms with Gasteiger partial charge in [-0.2, -0.15) is 0 Å². The number of amides is 1. The molecule has 6 heteroatoms. The fourth-order valence-electron chi connectivity index (χ4n) is 1.91. The van der Waals surface area contributed by atoms with Crippen molar-refractivity contribution in [2.24, 2.45) is 0 Å². The maximum absolute atomic E-state index is 11.6. The topological polar surface area (TPSA) is 76.1 Å². The number of aromatic nitrogens is 2. The Morgan fingerprint density at radius 2 is 2.21 bits per heavy atom. The van der Waals surface area contributed by atoms with E-state index < -0.39 is 0 Å². The van der Waals surface area contributed by atoms with E-state index in [-0.39, 0.29) is 18.6 Å². The average molecular weight is 264 g/mol. The van der Waals surface area contributed by atoms with Gasteiger partial charge in [-0.25, -0.2) is 0 Å². The standard InChI is InChI=1S/C13H20N4O2/c1-10-6-16-11(7-15-10)8-17-13(18)9-19-12-2-4-14-5-3-12/h6-7,12,14H,2-5,8-9H2,1H3,(H,17,18). The number of piperidine rings is 1. The molecule has 2 heterocycles. The highest BCUT2D eigenvalue weighted by atomic mass is 16.5. The molecule has 1 amide bonds. The van der Waals surface area contributed by atoms with Gasteiger partial charge in [0.2, 0.25) is 5.91 Å². The molecule has 0 aromatic carbocycles. The molecule has 0 aliphatic carbocycles. The Bertz CT molecular complexity index is 402. The van der Waals surface area contributed by atoms with Gasteiger partial charge in [0.1, 0.15) is 6.61 Å². The van der Waals surface area contributed by atoms with E-state index in [1.54, 1.807) is 12.4 Å². The van der Waals surface area contributed by atoms with Gasteiger partial charge in [0.05, 0.1) is 30.2 Å². The number of aryl methyl sites for hydroxylation is 1. The molecule has 1 fully saturated rings. The fraction of sp³-hybridized carbons (Fsp3) is 0.615. The van der Waals surface area contributed by atoms with Crippen LogP contribution in [0.2, 0.25) is 0 Å². The zero-order valence-corrected chi connectivity index (χ0v) is 11.2. The number of rotatable bonds is 5. The van der Waals surface area contributed by atoms with Crippen LogP contribution >= 0.6 is 0 Å². The average Bonchev–Trinajstić information content (AvgIpc) is 2.45. The van der Waals surface area contributed by atoms with Crippen molar-refractivity contribution in [1.29, 1.82) is 0 Å². The lowest BCUT2D eigenvalue weighted by Crippen LogP contribution is -2.35. The SMILES string of the molecule is Cc1cnc(CNC(=O)COC2CCNCC2)cn1. The summed E-state index contributed by atoms with van der Waals surface area (Å²) in [5.41, 5.74) is 1.62. The van der Waals surface area contributed by atoms with E-state index in [1.165, 1.54) is 0 Å². The van der Waals surface area contributed by atoms with E-state index in [0.717, 1.165) is 37.3 Å². The second-order valence-corrected chi connectivity index (χ2v) is 4.69. The van der Waals surface area contributed by atoms with Gasteiger partial charge in [-0.15, -0.1) is 0 Å². The Morgan fingerprint density at radius 1 is 1.42 bits per heavy atom. The molecule has 0 spiro atoms. The van der Waals surface area contributed by atoms with Crippen LogP contribution in [0, 0.1) is 6.92 Å². The number of nitrogens with one attached hydrogen (secondary N) is 2. The zero-order valence-electron chi connectivity index (χ0n) is 11.2. The minimum absolute atomic E-state index is 0.110.